The van der Waals surface area contributed by atoms with Crippen LogP contribution in [-0.4, -0.2) is 63.2 Å². The third kappa shape index (κ3) is 12.0. The van der Waals surface area contributed by atoms with Gasteiger partial charge in [-0.1, -0.05) is 0 Å². The lowest BCUT2D eigenvalue weighted by Crippen LogP contribution is -2.45. The van der Waals surface area contributed by atoms with Crippen molar-refractivity contribution < 1.29 is 14.3 Å². The van der Waals surface area contributed by atoms with E-state index in [1.807, 2.05) is 27.7 Å². The summed E-state index contributed by atoms with van der Waals surface area (Å²) >= 11 is 0. The number of nitrogens with one attached hydrogen (secondary N) is 4. The van der Waals surface area contributed by atoms with Crippen molar-refractivity contribution in [3.63, 3.8) is 0 Å². The zero-order valence-corrected chi connectivity index (χ0v) is 14.2. The zero-order valence-electron chi connectivity index (χ0n) is 14.2. The Bertz CT molecular complexity index is 377. The van der Waals surface area contributed by atoms with Crippen LogP contribution in [0.2, 0.25) is 0 Å². The van der Waals surface area contributed by atoms with Crippen LogP contribution in [0.4, 0.5) is 0 Å². The lowest BCUT2D eigenvalue weighted by Gasteiger charge is -2.20. The minimum absolute atomic E-state index is 0.00209. The van der Waals surface area contributed by atoms with Crippen LogP contribution in [-0.2, 0) is 14.3 Å². The van der Waals surface area contributed by atoms with Gasteiger partial charge in [0.15, 0.2) is 5.96 Å². The Kier molecular flexibility index (Phi) is 9.93. The van der Waals surface area contributed by atoms with Crippen LogP contribution in [0, 0.1) is 0 Å². The van der Waals surface area contributed by atoms with Crippen molar-refractivity contribution in [2.45, 2.75) is 33.2 Å². The number of guanidine groups is 1. The first-order chi connectivity index (χ1) is 10.3. The normalized spacial score (nSPS) is 11.8. The molecule has 0 aliphatic rings. The quantitative estimate of drug-likeness (QED) is 0.267. The molecule has 0 saturated heterocycles. The van der Waals surface area contributed by atoms with Gasteiger partial charge in [-0.05, 0) is 27.7 Å². The van der Waals surface area contributed by atoms with Gasteiger partial charge in [0.2, 0.25) is 11.8 Å². The molecule has 128 valence electrons. The molecule has 4 N–H and O–H groups in total. The second-order valence-corrected chi connectivity index (χ2v) is 5.69. The zero-order chi connectivity index (χ0) is 17.0. The summed E-state index contributed by atoms with van der Waals surface area (Å²) in [5.41, 5.74) is -0.292. The van der Waals surface area contributed by atoms with Gasteiger partial charge in [0.05, 0.1) is 13.2 Å². The smallest absolute Gasteiger partial charge is 0.242 e. The second kappa shape index (κ2) is 10.8. The number of hydrogen-bond donors (Lipinski definition) is 4. The maximum absolute atomic E-state index is 11.7. The molecular formula is C14H29N5O3. The standard InChI is InChI=1S/C14H29N5O3/c1-6-15-13(17-9-11(20)16-7-8-22-5)18-10-12(21)19-14(2,3)4/h6-10H2,1-5H3,(H,16,20)(H,19,21)(H2,15,17,18). The van der Waals surface area contributed by atoms with E-state index in [0.29, 0.717) is 25.7 Å². The summed E-state index contributed by atoms with van der Waals surface area (Å²) in [6.07, 6.45) is 0. The van der Waals surface area contributed by atoms with Crippen LogP contribution >= 0.6 is 0 Å². The van der Waals surface area contributed by atoms with Gasteiger partial charge in [0.1, 0.15) is 6.54 Å². The van der Waals surface area contributed by atoms with Gasteiger partial charge in [0, 0.05) is 25.7 Å². The highest BCUT2D eigenvalue weighted by Crippen LogP contribution is 1.97. The summed E-state index contributed by atoms with van der Waals surface area (Å²) in [5.74, 6) is 0.0875. The fourth-order valence-electron chi connectivity index (χ4n) is 1.47. The molecule has 0 bridgehead atoms. The van der Waals surface area contributed by atoms with Gasteiger partial charge in [-0.2, -0.15) is 0 Å². The maximum atomic E-state index is 11.7. The first-order valence-corrected chi connectivity index (χ1v) is 7.37. The first-order valence-electron chi connectivity index (χ1n) is 7.37. The molecular weight excluding hydrogens is 286 g/mol. The molecule has 8 heteroatoms. The van der Waals surface area contributed by atoms with Gasteiger partial charge in [-0.25, -0.2) is 4.99 Å². The number of aliphatic imine (C=N–C) groups is 1. The highest BCUT2D eigenvalue weighted by atomic mass is 16.5. The fourth-order valence-corrected chi connectivity index (χ4v) is 1.47. The van der Waals surface area contributed by atoms with E-state index in [2.05, 4.69) is 26.3 Å². The summed E-state index contributed by atoms with van der Waals surface area (Å²) in [7, 11) is 1.57. The van der Waals surface area contributed by atoms with E-state index >= 15 is 0 Å². The van der Waals surface area contributed by atoms with E-state index in [1.54, 1.807) is 7.11 Å². The molecule has 0 aromatic heterocycles. The van der Waals surface area contributed by atoms with Crippen LogP contribution in [0.25, 0.3) is 0 Å². The molecule has 2 amide bonds. The van der Waals surface area contributed by atoms with Gasteiger partial charge in [-0.3, -0.25) is 9.59 Å². The van der Waals surface area contributed by atoms with E-state index in [-0.39, 0.29) is 30.4 Å². The number of ether oxygens (including phenoxy) is 1. The highest BCUT2D eigenvalue weighted by molar-refractivity contribution is 5.88. The Labute approximate surface area is 132 Å². The van der Waals surface area contributed by atoms with E-state index in [9.17, 15) is 9.59 Å². The molecule has 0 atom stereocenters. The Balaban J connectivity index is 4.26. The summed E-state index contributed by atoms with van der Waals surface area (Å²) in [6.45, 7) is 9.26. The molecule has 0 radical (unpaired) electrons. The number of hydrogen-bond acceptors (Lipinski definition) is 4. The van der Waals surface area contributed by atoms with E-state index in [4.69, 9.17) is 4.74 Å². The SMILES string of the molecule is CCNC(=NCC(=O)NC(C)(C)C)NCC(=O)NCCOC. The number of nitrogens with zero attached hydrogens (tertiary/aromatic N) is 1. The van der Waals surface area contributed by atoms with Gasteiger partial charge in [-0.15, -0.1) is 0 Å². The third-order valence-corrected chi connectivity index (χ3v) is 2.28. The third-order valence-electron chi connectivity index (χ3n) is 2.28. The van der Waals surface area contributed by atoms with E-state index < -0.39 is 0 Å². The lowest BCUT2D eigenvalue weighted by atomic mass is 10.1. The van der Waals surface area contributed by atoms with Crippen molar-refractivity contribution >= 4 is 17.8 Å². The average molecular weight is 315 g/mol. The largest absolute Gasteiger partial charge is 0.383 e. The monoisotopic (exact) mass is 315 g/mol. The van der Waals surface area contributed by atoms with Crippen LogP contribution in [0.1, 0.15) is 27.7 Å². The number of rotatable bonds is 8. The number of methoxy groups -OCH3 is 1. The Morgan fingerprint density at radius 2 is 1.77 bits per heavy atom. The predicted octanol–water partition coefficient (Wildman–Crippen LogP) is -0.781. The summed E-state index contributed by atoms with van der Waals surface area (Å²) < 4.78 is 4.85. The maximum Gasteiger partial charge on any atom is 0.242 e. The van der Waals surface area contributed by atoms with Crippen molar-refractivity contribution in [3.05, 3.63) is 0 Å². The van der Waals surface area contributed by atoms with Crippen molar-refractivity contribution in [3.8, 4) is 0 Å². The van der Waals surface area contributed by atoms with Crippen LogP contribution in [0.15, 0.2) is 4.99 Å². The highest BCUT2D eigenvalue weighted by Gasteiger charge is 2.13. The first kappa shape index (κ1) is 20.2. The fraction of sp³-hybridized carbons (Fsp3) is 0.786. The molecule has 22 heavy (non-hydrogen) atoms. The molecule has 0 saturated carbocycles. The van der Waals surface area contributed by atoms with Crippen molar-refractivity contribution in [1.82, 2.24) is 21.3 Å². The molecule has 0 aromatic rings. The Morgan fingerprint density at radius 1 is 1.09 bits per heavy atom. The summed E-state index contributed by atoms with van der Waals surface area (Å²) in [5, 5.41) is 11.4. The number of carbonyl (C=O) groups excluding carboxylic acids is 2. The van der Waals surface area contributed by atoms with Crippen LogP contribution in [0.5, 0.6) is 0 Å². The molecule has 0 rings (SSSR count). The predicted molar refractivity (Wildman–Crippen MR) is 86.8 cm³/mol. The van der Waals surface area contributed by atoms with Gasteiger partial charge in [0.25, 0.3) is 0 Å². The lowest BCUT2D eigenvalue weighted by molar-refractivity contribution is -0.121. The van der Waals surface area contributed by atoms with Crippen LogP contribution in [0.3, 0.4) is 0 Å². The molecule has 0 spiro atoms. The van der Waals surface area contributed by atoms with Gasteiger partial charge < -0.3 is 26.0 Å². The average Bonchev–Trinajstić information content (AvgIpc) is 2.40. The van der Waals surface area contributed by atoms with E-state index in [1.165, 1.54) is 0 Å². The molecule has 0 unspecified atom stereocenters. The van der Waals surface area contributed by atoms with Crippen molar-refractivity contribution in [1.29, 1.82) is 0 Å². The van der Waals surface area contributed by atoms with Crippen molar-refractivity contribution in [2.24, 2.45) is 4.99 Å². The Hall–Kier alpha value is -1.83. The molecule has 0 fully saturated rings. The molecule has 0 heterocycles. The second-order valence-electron chi connectivity index (χ2n) is 5.69. The van der Waals surface area contributed by atoms with E-state index in [0.717, 1.165) is 0 Å². The minimum atomic E-state index is -0.292. The molecule has 0 aromatic carbocycles. The van der Waals surface area contributed by atoms with Gasteiger partial charge >= 0.3 is 0 Å². The topological polar surface area (TPSA) is 104 Å². The number of carbonyl (C=O) groups is 2. The molecule has 0 aliphatic carbocycles. The molecule has 8 nitrogen and oxygen atoms in total. The minimum Gasteiger partial charge on any atom is -0.383 e. The summed E-state index contributed by atoms with van der Waals surface area (Å²) in [6, 6.07) is 0. The number of amides is 2. The summed E-state index contributed by atoms with van der Waals surface area (Å²) in [4.78, 5) is 27.4. The van der Waals surface area contributed by atoms with Crippen LogP contribution < -0.4 is 21.3 Å². The van der Waals surface area contributed by atoms with Crippen molar-refractivity contribution in [2.75, 3.05) is 39.9 Å². The molecule has 0 aliphatic heterocycles. The Morgan fingerprint density at radius 3 is 2.32 bits per heavy atom.